The number of fused-ring (bicyclic) bond motifs is 1. The molecule has 0 saturated heterocycles. The molecule has 1 atom stereocenters. The van der Waals surface area contributed by atoms with Crippen molar-refractivity contribution in [1.29, 1.82) is 0 Å². The van der Waals surface area contributed by atoms with Gasteiger partial charge in [-0.15, -0.1) is 0 Å². The number of esters is 1. The molecule has 27 heavy (non-hydrogen) atoms. The summed E-state index contributed by atoms with van der Waals surface area (Å²) in [6, 6.07) is 14.9. The zero-order chi connectivity index (χ0) is 19.6. The van der Waals surface area contributed by atoms with E-state index in [-0.39, 0.29) is 29.2 Å². The Kier molecular flexibility index (Phi) is 5.17. The van der Waals surface area contributed by atoms with Crippen LogP contribution in [0, 0.1) is 15.5 Å². The molecular formula is C21H24N2O4. The maximum atomic E-state index is 12.2. The van der Waals surface area contributed by atoms with Crippen LogP contribution in [0.3, 0.4) is 0 Å². The number of carbonyl (C=O) groups excluding carboxylic acids is 1. The maximum Gasteiger partial charge on any atom is 0.311 e. The maximum absolute atomic E-state index is 12.2. The SMILES string of the molecule is CC(C)(C)C(=O)OC[C@H]1Cc2cc([N+](=O)[O-])ccc2N1Cc1ccccc1. The fourth-order valence-corrected chi connectivity index (χ4v) is 3.22. The Hall–Kier alpha value is -2.89. The minimum Gasteiger partial charge on any atom is -0.463 e. The third kappa shape index (κ3) is 4.27. The molecule has 2 aromatic carbocycles. The summed E-state index contributed by atoms with van der Waals surface area (Å²) >= 11 is 0. The van der Waals surface area contributed by atoms with Gasteiger partial charge in [0.25, 0.3) is 5.69 Å². The summed E-state index contributed by atoms with van der Waals surface area (Å²) < 4.78 is 5.55. The van der Waals surface area contributed by atoms with Gasteiger partial charge in [-0.25, -0.2) is 0 Å². The van der Waals surface area contributed by atoms with Crippen molar-refractivity contribution in [3.05, 3.63) is 69.8 Å². The minimum absolute atomic E-state index is 0.0477. The van der Waals surface area contributed by atoms with Gasteiger partial charge in [0.2, 0.25) is 0 Å². The van der Waals surface area contributed by atoms with Crippen LogP contribution in [-0.2, 0) is 22.5 Å². The fraction of sp³-hybridized carbons (Fsp3) is 0.381. The van der Waals surface area contributed by atoms with Crippen molar-refractivity contribution in [2.45, 2.75) is 39.8 Å². The van der Waals surface area contributed by atoms with Crippen LogP contribution in [0.2, 0.25) is 0 Å². The molecule has 0 N–H and O–H groups in total. The lowest BCUT2D eigenvalue weighted by Gasteiger charge is -2.28. The van der Waals surface area contributed by atoms with Gasteiger partial charge in [-0.1, -0.05) is 30.3 Å². The van der Waals surface area contributed by atoms with E-state index in [4.69, 9.17) is 4.74 Å². The number of non-ortho nitro benzene ring substituents is 1. The molecule has 0 bridgehead atoms. The molecule has 0 unspecified atom stereocenters. The molecule has 142 valence electrons. The second kappa shape index (κ2) is 7.39. The summed E-state index contributed by atoms with van der Waals surface area (Å²) in [5.41, 5.74) is 2.53. The first-order valence-electron chi connectivity index (χ1n) is 9.01. The zero-order valence-electron chi connectivity index (χ0n) is 15.8. The van der Waals surface area contributed by atoms with Gasteiger partial charge in [-0.3, -0.25) is 14.9 Å². The van der Waals surface area contributed by atoms with Gasteiger partial charge in [-0.05, 0) is 44.4 Å². The van der Waals surface area contributed by atoms with Gasteiger partial charge in [0.05, 0.1) is 16.4 Å². The number of anilines is 1. The Balaban J connectivity index is 1.84. The zero-order valence-corrected chi connectivity index (χ0v) is 15.8. The summed E-state index contributed by atoms with van der Waals surface area (Å²) in [6.07, 6.45) is 0.612. The monoisotopic (exact) mass is 368 g/mol. The molecule has 6 heteroatoms. The summed E-state index contributed by atoms with van der Waals surface area (Å²) in [5, 5.41) is 11.1. The van der Waals surface area contributed by atoms with E-state index in [0.717, 1.165) is 16.8 Å². The van der Waals surface area contributed by atoms with Crippen molar-refractivity contribution in [3.63, 3.8) is 0 Å². The smallest absolute Gasteiger partial charge is 0.311 e. The molecule has 0 spiro atoms. The van der Waals surface area contributed by atoms with Crippen LogP contribution in [0.15, 0.2) is 48.5 Å². The Morgan fingerprint density at radius 2 is 1.93 bits per heavy atom. The second-order valence-corrected chi connectivity index (χ2v) is 7.89. The Morgan fingerprint density at radius 1 is 1.22 bits per heavy atom. The molecule has 0 amide bonds. The second-order valence-electron chi connectivity index (χ2n) is 7.89. The van der Waals surface area contributed by atoms with E-state index in [2.05, 4.69) is 4.90 Å². The highest BCUT2D eigenvalue weighted by Gasteiger charge is 2.33. The molecule has 1 aliphatic heterocycles. The first-order valence-corrected chi connectivity index (χ1v) is 9.01. The predicted octanol–water partition coefficient (Wildman–Crippen LogP) is 4.12. The average molecular weight is 368 g/mol. The average Bonchev–Trinajstić information content (AvgIpc) is 2.96. The number of benzene rings is 2. The van der Waals surface area contributed by atoms with E-state index >= 15 is 0 Å². The van der Waals surface area contributed by atoms with Crippen molar-refractivity contribution in [3.8, 4) is 0 Å². The Labute approximate surface area is 158 Å². The van der Waals surface area contributed by atoms with Crippen LogP contribution in [0.5, 0.6) is 0 Å². The van der Waals surface area contributed by atoms with E-state index in [1.54, 1.807) is 12.1 Å². The van der Waals surface area contributed by atoms with Crippen LogP contribution >= 0.6 is 0 Å². The largest absolute Gasteiger partial charge is 0.463 e. The lowest BCUT2D eigenvalue weighted by molar-refractivity contribution is -0.384. The molecule has 6 nitrogen and oxygen atoms in total. The van der Waals surface area contributed by atoms with E-state index in [1.165, 1.54) is 6.07 Å². The van der Waals surface area contributed by atoms with Gasteiger partial charge in [-0.2, -0.15) is 0 Å². The van der Waals surface area contributed by atoms with Crippen molar-refractivity contribution in [2.24, 2.45) is 5.41 Å². The van der Waals surface area contributed by atoms with Gasteiger partial charge < -0.3 is 9.64 Å². The van der Waals surface area contributed by atoms with E-state index in [1.807, 2.05) is 51.1 Å². The number of hydrogen-bond acceptors (Lipinski definition) is 5. The summed E-state index contributed by atoms with van der Waals surface area (Å²) in [6.45, 7) is 6.38. The highest BCUT2D eigenvalue weighted by molar-refractivity contribution is 5.75. The molecule has 2 aromatic rings. The van der Waals surface area contributed by atoms with Crippen LogP contribution < -0.4 is 4.90 Å². The Morgan fingerprint density at radius 3 is 2.56 bits per heavy atom. The van der Waals surface area contributed by atoms with Gasteiger partial charge in [0, 0.05) is 24.4 Å². The predicted molar refractivity (Wildman–Crippen MR) is 104 cm³/mol. The summed E-state index contributed by atoms with van der Waals surface area (Å²) in [7, 11) is 0. The highest BCUT2D eigenvalue weighted by atomic mass is 16.6. The number of nitro benzene ring substituents is 1. The lowest BCUT2D eigenvalue weighted by atomic mass is 9.97. The van der Waals surface area contributed by atoms with Crippen molar-refractivity contribution < 1.29 is 14.5 Å². The van der Waals surface area contributed by atoms with Crippen molar-refractivity contribution in [1.82, 2.24) is 0 Å². The van der Waals surface area contributed by atoms with Crippen LogP contribution in [0.1, 0.15) is 31.9 Å². The standard InChI is InChI=1S/C21H24N2O4/c1-21(2,3)20(24)27-14-18-12-16-11-17(23(25)26)9-10-19(16)22(18)13-15-7-5-4-6-8-15/h4-11,18H,12-14H2,1-3H3/t18-/m1/s1. The van der Waals surface area contributed by atoms with E-state index < -0.39 is 5.41 Å². The molecule has 1 heterocycles. The van der Waals surface area contributed by atoms with Crippen molar-refractivity contribution in [2.75, 3.05) is 11.5 Å². The Bertz CT molecular complexity index is 843. The fourth-order valence-electron chi connectivity index (χ4n) is 3.22. The number of nitro groups is 1. The quantitative estimate of drug-likeness (QED) is 0.451. The van der Waals surface area contributed by atoms with Crippen LogP contribution in [0.25, 0.3) is 0 Å². The van der Waals surface area contributed by atoms with Crippen molar-refractivity contribution >= 4 is 17.3 Å². The number of hydrogen-bond donors (Lipinski definition) is 0. The molecule has 1 aliphatic rings. The number of nitrogens with zero attached hydrogens (tertiary/aromatic N) is 2. The van der Waals surface area contributed by atoms with Crippen LogP contribution in [0.4, 0.5) is 11.4 Å². The molecule has 0 aliphatic carbocycles. The molecule has 0 radical (unpaired) electrons. The molecule has 0 fully saturated rings. The molecule has 0 aromatic heterocycles. The first kappa shape index (κ1) is 18.9. The molecule has 0 saturated carbocycles. The van der Waals surface area contributed by atoms with E-state index in [9.17, 15) is 14.9 Å². The van der Waals surface area contributed by atoms with Gasteiger partial charge >= 0.3 is 5.97 Å². The third-order valence-corrected chi connectivity index (χ3v) is 4.69. The molecular weight excluding hydrogens is 344 g/mol. The van der Waals surface area contributed by atoms with Gasteiger partial charge in [0.15, 0.2) is 0 Å². The van der Waals surface area contributed by atoms with Crippen LogP contribution in [-0.4, -0.2) is 23.5 Å². The number of carbonyl (C=O) groups is 1. The number of ether oxygens (including phenoxy) is 1. The topological polar surface area (TPSA) is 72.7 Å². The highest BCUT2D eigenvalue weighted by Crippen LogP contribution is 2.36. The lowest BCUT2D eigenvalue weighted by Crippen LogP contribution is -2.37. The minimum atomic E-state index is -0.561. The van der Waals surface area contributed by atoms with Gasteiger partial charge in [0.1, 0.15) is 6.61 Å². The first-order chi connectivity index (χ1) is 12.8. The molecule has 3 rings (SSSR count). The normalized spacial score (nSPS) is 16.1. The number of rotatable bonds is 5. The summed E-state index contributed by atoms with van der Waals surface area (Å²) in [4.78, 5) is 25.1. The third-order valence-electron chi connectivity index (χ3n) is 4.69. The summed E-state index contributed by atoms with van der Waals surface area (Å²) in [5.74, 6) is -0.246. The van der Waals surface area contributed by atoms with E-state index in [0.29, 0.717) is 13.0 Å².